The summed E-state index contributed by atoms with van der Waals surface area (Å²) in [4.78, 5) is 17.0. The Labute approximate surface area is 207 Å². The third-order valence-corrected chi connectivity index (χ3v) is 6.08. The minimum absolute atomic E-state index is 0.00565. The maximum Gasteiger partial charge on any atom is 0.254 e. The second kappa shape index (κ2) is 9.23. The van der Waals surface area contributed by atoms with E-state index in [2.05, 4.69) is 27.6 Å². The lowest BCUT2D eigenvalue weighted by Crippen LogP contribution is -2.17. The van der Waals surface area contributed by atoms with E-state index in [4.69, 9.17) is 16.7 Å². The van der Waals surface area contributed by atoms with Gasteiger partial charge in [0.15, 0.2) is 5.82 Å². The third kappa shape index (κ3) is 4.48. The van der Waals surface area contributed by atoms with Gasteiger partial charge in [0.25, 0.3) is 5.91 Å². The molecule has 1 unspecified atom stereocenters. The Bertz CT molecular complexity index is 1520. The molecule has 8 nitrogen and oxygen atoms in total. The number of rotatable bonds is 6. The van der Waals surface area contributed by atoms with Crippen LogP contribution in [0.15, 0.2) is 73.1 Å². The van der Waals surface area contributed by atoms with Gasteiger partial charge < -0.3 is 10.6 Å². The monoisotopic (exact) mass is 485 g/mol. The van der Waals surface area contributed by atoms with Gasteiger partial charge in [0, 0.05) is 35.6 Å². The summed E-state index contributed by atoms with van der Waals surface area (Å²) in [7, 11) is 1.61. The van der Waals surface area contributed by atoms with Crippen molar-refractivity contribution in [3.05, 3.63) is 94.9 Å². The predicted octanol–water partition coefficient (Wildman–Crippen LogP) is 5.08. The van der Waals surface area contributed by atoms with Crippen LogP contribution in [0.25, 0.3) is 22.6 Å². The van der Waals surface area contributed by atoms with Gasteiger partial charge in [-0.05, 0) is 55.8 Å². The number of nitrogens with one attached hydrogen (secondary N) is 2. The number of nitrogens with zero attached hydrogens (tertiary/aromatic N) is 5. The van der Waals surface area contributed by atoms with Crippen LogP contribution in [0.5, 0.6) is 0 Å². The molecule has 9 heteroatoms. The van der Waals surface area contributed by atoms with E-state index in [-0.39, 0.29) is 11.9 Å². The van der Waals surface area contributed by atoms with E-state index in [1.165, 1.54) is 0 Å². The molecule has 4 aromatic heterocycles. The van der Waals surface area contributed by atoms with E-state index >= 15 is 0 Å². The van der Waals surface area contributed by atoms with Crippen molar-refractivity contribution in [2.75, 3.05) is 12.4 Å². The molecule has 176 valence electrons. The van der Waals surface area contributed by atoms with Crippen LogP contribution >= 0.6 is 11.6 Å². The summed E-state index contributed by atoms with van der Waals surface area (Å²) in [5.41, 5.74) is 4.91. The molecule has 1 aromatic carbocycles. The second-order valence-corrected chi connectivity index (χ2v) is 8.70. The van der Waals surface area contributed by atoms with Gasteiger partial charge in [-0.15, -0.1) is 5.10 Å². The van der Waals surface area contributed by atoms with Gasteiger partial charge in [-0.1, -0.05) is 29.8 Å². The van der Waals surface area contributed by atoms with E-state index in [1.54, 1.807) is 17.8 Å². The quantitative estimate of drug-likeness (QED) is 0.350. The molecule has 0 fully saturated rings. The van der Waals surface area contributed by atoms with Crippen molar-refractivity contribution >= 4 is 28.8 Å². The average Bonchev–Trinajstić information content (AvgIpc) is 3.48. The van der Waals surface area contributed by atoms with E-state index in [1.807, 2.05) is 78.5 Å². The van der Waals surface area contributed by atoms with Crippen molar-refractivity contribution in [2.45, 2.75) is 19.9 Å². The number of hydrogen-bond acceptors (Lipinski definition) is 5. The van der Waals surface area contributed by atoms with Crippen LogP contribution < -0.4 is 10.6 Å². The molecular weight excluding hydrogens is 462 g/mol. The molecule has 0 saturated heterocycles. The highest BCUT2D eigenvalue weighted by molar-refractivity contribution is 6.30. The molecule has 35 heavy (non-hydrogen) atoms. The number of aryl methyl sites for hydroxylation is 1. The molecule has 1 amide bonds. The van der Waals surface area contributed by atoms with Crippen LogP contribution in [-0.4, -0.2) is 37.3 Å². The van der Waals surface area contributed by atoms with Crippen molar-refractivity contribution in [1.82, 2.24) is 29.7 Å². The molecule has 0 saturated carbocycles. The number of anilines is 1. The molecule has 5 rings (SSSR count). The maximum atomic E-state index is 12.3. The van der Waals surface area contributed by atoms with E-state index in [9.17, 15) is 4.79 Å². The highest BCUT2D eigenvalue weighted by Crippen LogP contribution is 2.29. The maximum absolute atomic E-state index is 12.3. The van der Waals surface area contributed by atoms with Crippen molar-refractivity contribution in [2.24, 2.45) is 0 Å². The van der Waals surface area contributed by atoms with Crippen LogP contribution in [0.3, 0.4) is 0 Å². The Kier molecular flexibility index (Phi) is 5.96. The summed E-state index contributed by atoms with van der Waals surface area (Å²) in [6.07, 6.45) is 3.40. The van der Waals surface area contributed by atoms with Crippen molar-refractivity contribution in [3.8, 4) is 17.1 Å². The highest BCUT2D eigenvalue weighted by atomic mass is 35.5. The second-order valence-electron chi connectivity index (χ2n) is 8.26. The number of aromatic nitrogens is 5. The van der Waals surface area contributed by atoms with E-state index in [0.717, 1.165) is 22.5 Å². The zero-order valence-corrected chi connectivity index (χ0v) is 20.3. The van der Waals surface area contributed by atoms with Crippen LogP contribution in [-0.2, 0) is 0 Å². The number of carbonyl (C=O) groups is 1. The highest BCUT2D eigenvalue weighted by Gasteiger charge is 2.18. The zero-order valence-electron chi connectivity index (χ0n) is 19.5. The van der Waals surface area contributed by atoms with Crippen LogP contribution in [0.1, 0.15) is 34.6 Å². The summed E-state index contributed by atoms with van der Waals surface area (Å²) in [6, 6.07) is 19.4. The van der Waals surface area contributed by atoms with Crippen LogP contribution in [0, 0.1) is 6.92 Å². The summed E-state index contributed by atoms with van der Waals surface area (Å²) >= 11 is 6.05. The fourth-order valence-corrected chi connectivity index (χ4v) is 4.11. The number of halogens is 1. The molecule has 0 bridgehead atoms. The fraction of sp³-hybridized carbons (Fsp3) is 0.154. The lowest BCUT2D eigenvalue weighted by Gasteiger charge is -2.13. The molecule has 0 aliphatic rings. The topological polar surface area (TPSA) is 89.1 Å². The Hall–Kier alpha value is -4.17. The van der Waals surface area contributed by atoms with Crippen molar-refractivity contribution in [1.29, 1.82) is 0 Å². The third-order valence-electron chi connectivity index (χ3n) is 5.82. The van der Waals surface area contributed by atoms with Gasteiger partial charge >= 0.3 is 0 Å². The van der Waals surface area contributed by atoms with Gasteiger partial charge in [-0.3, -0.25) is 4.79 Å². The standard InChI is InChI=1S/C26H24ClN7O/c1-16-5-4-6-25(30-16)34-22(14-24(32-34)31-17(2)18-7-9-20(27)10-8-18)19-11-12-33-23(13-19)21(15-29-33)26(35)28-3/h4-15,17H,1-3H3,(H,28,35)(H,31,32). The molecule has 2 N–H and O–H groups in total. The molecule has 0 radical (unpaired) electrons. The van der Waals surface area contributed by atoms with Gasteiger partial charge in [0.2, 0.25) is 0 Å². The fourth-order valence-electron chi connectivity index (χ4n) is 3.98. The summed E-state index contributed by atoms with van der Waals surface area (Å²) in [5.74, 6) is 1.21. The molecule has 0 aliphatic carbocycles. The first-order valence-electron chi connectivity index (χ1n) is 11.2. The number of pyridine rings is 2. The first-order chi connectivity index (χ1) is 16.9. The van der Waals surface area contributed by atoms with Gasteiger partial charge in [-0.2, -0.15) is 5.10 Å². The minimum atomic E-state index is -0.190. The number of fused-ring (bicyclic) bond motifs is 1. The molecule has 5 aromatic rings. The largest absolute Gasteiger partial charge is 0.362 e. The van der Waals surface area contributed by atoms with E-state index in [0.29, 0.717) is 27.7 Å². The van der Waals surface area contributed by atoms with Crippen molar-refractivity contribution < 1.29 is 4.79 Å². The molecule has 0 aliphatic heterocycles. The molecular formula is C26H24ClN7O. The molecule has 0 spiro atoms. The van der Waals surface area contributed by atoms with Crippen molar-refractivity contribution in [3.63, 3.8) is 0 Å². The summed E-state index contributed by atoms with van der Waals surface area (Å²) < 4.78 is 3.49. The summed E-state index contributed by atoms with van der Waals surface area (Å²) in [5, 5.41) is 16.0. The zero-order chi connectivity index (χ0) is 24.5. The van der Waals surface area contributed by atoms with E-state index < -0.39 is 0 Å². The van der Waals surface area contributed by atoms with Gasteiger partial charge in [0.05, 0.1) is 29.0 Å². The predicted molar refractivity (Wildman–Crippen MR) is 137 cm³/mol. The first-order valence-corrected chi connectivity index (χ1v) is 11.6. The summed E-state index contributed by atoms with van der Waals surface area (Å²) in [6.45, 7) is 4.02. The SMILES string of the molecule is CNC(=O)c1cnn2ccc(-c3cc(NC(C)c4ccc(Cl)cc4)nn3-c3cccc(C)n3)cc12. The molecule has 4 heterocycles. The first kappa shape index (κ1) is 22.6. The Morgan fingerprint density at radius 1 is 1.09 bits per heavy atom. The van der Waals surface area contributed by atoms with Crippen LogP contribution in [0.2, 0.25) is 5.02 Å². The number of hydrogen-bond donors (Lipinski definition) is 2. The Balaban J connectivity index is 1.59. The lowest BCUT2D eigenvalue weighted by atomic mass is 10.1. The molecule has 1 atom stereocenters. The smallest absolute Gasteiger partial charge is 0.254 e. The number of amides is 1. The van der Waals surface area contributed by atoms with Crippen LogP contribution in [0.4, 0.5) is 5.82 Å². The van der Waals surface area contributed by atoms with Gasteiger partial charge in [0.1, 0.15) is 5.82 Å². The van der Waals surface area contributed by atoms with Gasteiger partial charge in [-0.25, -0.2) is 14.2 Å². The number of carbonyl (C=O) groups excluding carboxylic acids is 1. The number of benzene rings is 1. The Morgan fingerprint density at radius 3 is 2.63 bits per heavy atom. The average molecular weight is 486 g/mol. The normalized spacial score (nSPS) is 12.0. The Morgan fingerprint density at radius 2 is 1.89 bits per heavy atom. The minimum Gasteiger partial charge on any atom is -0.362 e. The lowest BCUT2D eigenvalue weighted by molar-refractivity contribution is 0.0964.